The highest BCUT2D eigenvalue weighted by Crippen LogP contribution is 2.31. The van der Waals surface area contributed by atoms with Crippen LogP contribution < -0.4 is 0 Å². The third-order valence-corrected chi connectivity index (χ3v) is 7.47. The molecule has 27 heavy (non-hydrogen) atoms. The van der Waals surface area contributed by atoms with E-state index in [4.69, 9.17) is 0 Å². The molecule has 0 spiro atoms. The Hall–Kier alpha value is -1.61. The molecule has 1 fully saturated rings. The normalized spacial score (nSPS) is 19.8. The average Bonchev–Trinajstić information content (AvgIpc) is 2.96. The zero-order chi connectivity index (χ0) is 20.2. The van der Waals surface area contributed by atoms with Gasteiger partial charge in [-0.25, -0.2) is 8.42 Å². The van der Waals surface area contributed by atoms with E-state index in [1.165, 1.54) is 23.9 Å². The Morgan fingerprint density at radius 1 is 1.37 bits per heavy atom. The van der Waals surface area contributed by atoms with Crippen LogP contribution in [0.3, 0.4) is 0 Å². The minimum absolute atomic E-state index is 0.0314. The summed E-state index contributed by atoms with van der Waals surface area (Å²) in [7, 11) is -3.06. The highest BCUT2D eigenvalue weighted by Gasteiger charge is 2.34. The van der Waals surface area contributed by atoms with Crippen molar-refractivity contribution >= 4 is 33.2 Å². The number of non-ortho nitro benzene ring substituents is 1. The minimum atomic E-state index is -3.06. The lowest BCUT2D eigenvalue weighted by molar-refractivity contribution is -0.384. The van der Waals surface area contributed by atoms with E-state index in [9.17, 15) is 23.3 Å². The Kier molecular flexibility index (Phi) is 7.27. The molecule has 0 bridgehead atoms. The molecule has 0 N–H and O–H groups in total. The second-order valence-electron chi connectivity index (χ2n) is 7.30. The van der Waals surface area contributed by atoms with Crippen molar-refractivity contribution < 1.29 is 18.1 Å². The lowest BCUT2D eigenvalue weighted by Gasteiger charge is -2.30. The first kappa shape index (κ1) is 21.7. The topological polar surface area (TPSA) is 97.6 Å². The molecule has 1 aliphatic heterocycles. The summed E-state index contributed by atoms with van der Waals surface area (Å²) in [5.41, 5.74) is 0.824. The summed E-state index contributed by atoms with van der Waals surface area (Å²) in [6, 6.07) is 6.17. The van der Waals surface area contributed by atoms with E-state index in [0.29, 0.717) is 13.0 Å². The van der Waals surface area contributed by atoms with E-state index in [0.717, 1.165) is 5.56 Å². The summed E-state index contributed by atoms with van der Waals surface area (Å²) in [4.78, 5) is 25.0. The highest BCUT2D eigenvalue weighted by molar-refractivity contribution is 8.00. The Labute approximate surface area is 164 Å². The number of rotatable bonds is 8. The number of benzene rings is 1. The first-order chi connectivity index (χ1) is 12.6. The summed E-state index contributed by atoms with van der Waals surface area (Å²) in [6.07, 6.45) is 0.492. The zero-order valence-electron chi connectivity index (χ0n) is 15.8. The Balaban J connectivity index is 2.02. The van der Waals surface area contributed by atoms with Gasteiger partial charge in [-0.15, -0.1) is 11.8 Å². The molecule has 1 aromatic carbocycles. The van der Waals surface area contributed by atoms with Crippen molar-refractivity contribution in [1.29, 1.82) is 0 Å². The molecule has 150 valence electrons. The third kappa shape index (κ3) is 6.21. The molecule has 0 unspecified atom stereocenters. The van der Waals surface area contributed by atoms with Gasteiger partial charge in [0.1, 0.15) is 0 Å². The number of hydrogen-bond acceptors (Lipinski definition) is 6. The van der Waals surface area contributed by atoms with Crippen molar-refractivity contribution in [3.05, 3.63) is 39.9 Å². The summed E-state index contributed by atoms with van der Waals surface area (Å²) >= 11 is 1.41. The van der Waals surface area contributed by atoms with Crippen molar-refractivity contribution in [3.8, 4) is 0 Å². The van der Waals surface area contributed by atoms with Gasteiger partial charge in [-0.3, -0.25) is 14.9 Å². The van der Waals surface area contributed by atoms with Gasteiger partial charge in [0, 0.05) is 30.0 Å². The van der Waals surface area contributed by atoms with E-state index in [-0.39, 0.29) is 46.1 Å². The van der Waals surface area contributed by atoms with Gasteiger partial charge in [-0.1, -0.05) is 26.0 Å². The fourth-order valence-corrected chi connectivity index (χ4v) is 5.76. The molecule has 1 heterocycles. The van der Waals surface area contributed by atoms with E-state index >= 15 is 0 Å². The van der Waals surface area contributed by atoms with Crippen LogP contribution in [-0.4, -0.2) is 54.0 Å². The maximum absolute atomic E-state index is 12.8. The van der Waals surface area contributed by atoms with Gasteiger partial charge in [0.2, 0.25) is 5.91 Å². The summed E-state index contributed by atoms with van der Waals surface area (Å²) < 4.78 is 23.6. The largest absolute Gasteiger partial charge is 0.338 e. The number of hydrogen-bond donors (Lipinski definition) is 0. The molecule has 0 radical (unpaired) electrons. The van der Waals surface area contributed by atoms with E-state index in [1.54, 1.807) is 11.0 Å². The third-order valence-electron chi connectivity index (χ3n) is 4.54. The van der Waals surface area contributed by atoms with Crippen molar-refractivity contribution in [1.82, 2.24) is 4.90 Å². The van der Waals surface area contributed by atoms with Gasteiger partial charge in [0.05, 0.1) is 22.2 Å². The standard InChI is InChI=1S/C18H26N2O5S2/c1-13(2)10-19(17-7-8-27(24,25)12-17)18(21)11-26-14(3)15-5-4-6-16(9-15)20(22)23/h4-6,9,13-14,17H,7-8,10-12H2,1-3H3/t14-,17+/m1/s1. The van der Waals surface area contributed by atoms with Crippen LogP contribution in [0.5, 0.6) is 0 Å². The minimum Gasteiger partial charge on any atom is -0.338 e. The van der Waals surface area contributed by atoms with Crippen LogP contribution in [0.25, 0.3) is 0 Å². The lowest BCUT2D eigenvalue weighted by atomic mass is 10.1. The Morgan fingerprint density at radius 2 is 2.07 bits per heavy atom. The number of nitrogens with zero attached hydrogens (tertiary/aromatic N) is 2. The Morgan fingerprint density at radius 3 is 2.63 bits per heavy atom. The van der Waals surface area contributed by atoms with E-state index in [2.05, 4.69) is 0 Å². The first-order valence-corrected chi connectivity index (χ1v) is 11.8. The van der Waals surface area contributed by atoms with Crippen molar-refractivity contribution in [2.24, 2.45) is 5.92 Å². The van der Waals surface area contributed by atoms with Gasteiger partial charge in [0.15, 0.2) is 9.84 Å². The summed E-state index contributed by atoms with van der Waals surface area (Å²) in [6.45, 7) is 6.44. The number of carbonyl (C=O) groups is 1. The number of sulfone groups is 1. The smallest absolute Gasteiger partial charge is 0.269 e. The molecular weight excluding hydrogens is 388 g/mol. The van der Waals surface area contributed by atoms with Crippen molar-refractivity contribution in [2.45, 2.75) is 38.5 Å². The van der Waals surface area contributed by atoms with Crippen molar-refractivity contribution in [2.75, 3.05) is 23.8 Å². The SMILES string of the molecule is CC(C)CN(C(=O)CS[C@H](C)c1cccc([N+](=O)[O-])c1)[C@H]1CCS(=O)(=O)C1. The van der Waals surface area contributed by atoms with Crippen LogP contribution in [0.1, 0.15) is 38.0 Å². The lowest BCUT2D eigenvalue weighted by Crippen LogP contribution is -2.44. The summed E-state index contributed by atoms with van der Waals surface area (Å²) in [5.74, 6) is 0.560. The second-order valence-corrected chi connectivity index (χ2v) is 10.9. The molecule has 2 atom stereocenters. The van der Waals surface area contributed by atoms with Gasteiger partial charge in [-0.2, -0.15) is 0 Å². The predicted molar refractivity (Wildman–Crippen MR) is 108 cm³/mol. The second kappa shape index (κ2) is 9.05. The van der Waals surface area contributed by atoms with E-state index in [1.807, 2.05) is 26.8 Å². The van der Waals surface area contributed by atoms with Gasteiger partial charge < -0.3 is 4.90 Å². The van der Waals surface area contributed by atoms with Crippen LogP contribution in [0, 0.1) is 16.0 Å². The molecular formula is C18H26N2O5S2. The Bertz CT molecular complexity index is 795. The first-order valence-electron chi connectivity index (χ1n) is 8.95. The molecule has 9 heteroatoms. The fourth-order valence-electron chi connectivity index (χ4n) is 3.14. The predicted octanol–water partition coefficient (Wildman–Crippen LogP) is 3.06. The van der Waals surface area contributed by atoms with Crippen LogP contribution in [0.2, 0.25) is 0 Å². The molecule has 0 saturated carbocycles. The monoisotopic (exact) mass is 414 g/mol. The van der Waals surface area contributed by atoms with Crippen molar-refractivity contribution in [3.63, 3.8) is 0 Å². The van der Waals surface area contributed by atoms with E-state index < -0.39 is 14.8 Å². The van der Waals surface area contributed by atoms with Gasteiger partial charge in [0.25, 0.3) is 5.69 Å². The van der Waals surface area contributed by atoms with Crippen LogP contribution in [-0.2, 0) is 14.6 Å². The molecule has 1 saturated heterocycles. The quantitative estimate of drug-likeness (QED) is 0.479. The number of thioether (sulfide) groups is 1. The molecule has 1 aromatic rings. The van der Waals surface area contributed by atoms with Crippen LogP contribution in [0.4, 0.5) is 5.69 Å². The molecule has 0 aromatic heterocycles. The van der Waals surface area contributed by atoms with Crippen LogP contribution in [0.15, 0.2) is 24.3 Å². The zero-order valence-corrected chi connectivity index (χ0v) is 17.5. The molecule has 0 aliphatic carbocycles. The fraction of sp³-hybridized carbons (Fsp3) is 0.611. The maximum atomic E-state index is 12.8. The van der Waals surface area contributed by atoms with Gasteiger partial charge >= 0.3 is 0 Å². The number of nitro benzene ring substituents is 1. The van der Waals surface area contributed by atoms with Gasteiger partial charge in [-0.05, 0) is 24.8 Å². The molecule has 2 rings (SSSR count). The number of nitro groups is 1. The molecule has 7 nitrogen and oxygen atoms in total. The number of amides is 1. The molecule has 1 aliphatic rings. The summed E-state index contributed by atoms with van der Waals surface area (Å²) in [5, 5.41) is 10.8. The maximum Gasteiger partial charge on any atom is 0.269 e. The highest BCUT2D eigenvalue weighted by atomic mass is 32.2. The van der Waals surface area contributed by atoms with Crippen LogP contribution >= 0.6 is 11.8 Å². The average molecular weight is 415 g/mol. The molecule has 1 amide bonds. The number of carbonyl (C=O) groups excluding carboxylic acids is 1.